The molecule has 0 aliphatic carbocycles. The van der Waals surface area contributed by atoms with Gasteiger partial charge in [0.25, 0.3) is 0 Å². The summed E-state index contributed by atoms with van der Waals surface area (Å²) in [6.45, 7) is 5.12. The third-order valence-corrected chi connectivity index (χ3v) is 2.06. The Morgan fingerprint density at radius 3 is 1.04 bits per heavy atom. The van der Waals surface area contributed by atoms with Gasteiger partial charge in [0.05, 0.1) is 0 Å². The summed E-state index contributed by atoms with van der Waals surface area (Å²) < 4.78 is 0. The predicted octanol–water partition coefficient (Wildman–Crippen LogP) is -7.06. The number of hydrogen-bond acceptors (Lipinski definition) is 6. The van der Waals surface area contributed by atoms with E-state index in [0.29, 0.717) is 0 Å². The van der Waals surface area contributed by atoms with Gasteiger partial charge in [0.2, 0.25) is 0 Å². The number of carboxylic acid groups (broad SMARTS) is 2. The summed E-state index contributed by atoms with van der Waals surface area (Å²) in [7, 11) is 0. The molecule has 0 aromatic carbocycles. The van der Waals surface area contributed by atoms with E-state index in [1.165, 1.54) is 27.7 Å². The summed E-state index contributed by atoms with van der Waals surface area (Å²) in [5.41, 5.74) is 13.7. The van der Waals surface area contributed by atoms with Crippen LogP contribution in [0.4, 0.5) is 0 Å². The van der Waals surface area contributed by atoms with Gasteiger partial charge in [-0.15, -0.1) is 0 Å². The van der Waals surface area contributed by atoms with Crippen LogP contribution in [0.1, 0.15) is 27.7 Å². The predicted molar refractivity (Wildman–Crippen MR) is 73.2 cm³/mol. The van der Waals surface area contributed by atoms with Crippen LogP contribution in [0, 0.1) is 0 Å². The second-order valence-electron chi connectivity index (χ2n) is 4.37. The topological polar surface area (TPSA) is 190 Å². The molecule has 25 heavy (non-hydrogen) atoms. The molecule has 0 rings (SSSR count). The molecule has 0 radical (unpaired) electrons. The van der Waals surface area contributed by atoms with E-state index in [2.05, 4.69) is 10.6 Å². The number of nitrogens with one attached hydrogen (secondary N) is 2. The van der Waals surface area contributed by atoms with Crippen LogP contribution in [0.25, 0.3) is 22.1 Å². The van der Waals surface area contributed by atoms with Crippen molar-refractivity contribution in [2.24, 2.45) is 0 Å². The molecule has 138 valence electrons. The minimum absolute atomic E-state index is 0. The Bertz CT molecular complexity index is 388. The van der Waals surface area contributed by atoms with Gasteiger partial charge in [-0.25, -0.2) is 0 Å². The summed E-state index contributed by atoms with van der Waals surface area (Å²) in [5, 5.41) is 26.5. The molecule has 2 amide bonds. The number of carboxylic acids is 2. The van der Waals surface area contributed by atoms with E-state index in [1.807, 2.05) is 0 Å². The number of aliphatic carboxylic acids is 2. The fourth-order valence-electron chi connectivity index (χ4n) is 0.711. The van der Waals surface area contributed by atoms with Crippen LogP contribution >= 0.6 is 0 Å². The number of carbonyl (C=O) groups is 4. The van der Waals surface area contributed by atoms with Crippen molar-refractivity contribution >= 4 is 23.8 Å². The SMILES string of the molecule is CC([NH-])C(=O)[N-]C(C)C(=O)[O-].CC([NH-])C(=O)[N-]C(C)C(=O)[O-].[Na+].[Na+].[Pd]. The monoisotopic (exact) mass is 466 g/mol. The minimum atomic E-state index is -1.40. The number of hydrogen-bond donors (Lipinski definition) is 0. The number of carbonyl (C=O) groups excluding carboxylic acids is 4. The molecule has 4 unspecified atom stereocenters. The van der Waals surface area contributed by atoms with Crippen molar-refractivity contribution in [3.63, 3.8) is 0 Å². The summed E-state index contributed by atoms with van der Waals surface area (Å²) in [6.07, 6.45) is 0. The van der Waals surface area contributed by atoms with Crippen molar-refractivity contribution in [2.75, 3.05) is 0 Å². The Kier molecular flexibility index (Phi) is 28.0. The molecule has 0 saturated carbocycles. The number of amides is 2. The van der Waals surface area contributed by atoms with Crippen LogP contribution in [0.15, 0.2) is 0 Å². The Hall–Kier alpha value is 0.462. The normalized spacial score (nSPS) is 13.4. The van der Waals surface area contributed by atoms with Gasteiger partial charge in [0, 0.05) is 44.2 Å². The average Bonchev–Trinajstić information content (AvgIpc) is 2.38. The first kappa shape index (κ1) is 36.4. The largest absolute Gasteiger partial charge is 1.00 e. The molecule has 10 nitrogen and oxygen atoms in total. The zero-order valence-corrected chi connectivity index (χ0v) is 20.5. The maximum Gasteiger partial charge on any atom is 1.00 e. The number of rotatable bonds is 6. The van der Waals surface area contributed by atoms with Crippen LogP contribution in [0.2, 0.25) is 0 Å². The summed E-state index contributed by atoms with van der Waals surface area (Å²) >= 11 is 0. The molecule has 0 spiro atoms. The van der Waals surface area contributed by atoms with Gasteiger partial charge in [-0.3, -0.25) is 0 Å². The summed E-state index contributed by atoms with van der Waals surface area (Å²) in [6, 6.07) is -4.32. The third kappa shape index (κ3) is 20.6. The molecule has 2 N–H and O–H groups in total. The molecule has 0 fully saturated rings. The van der Waals surface area contributed by atoms with E-state index in [9.17, 15) is 29.4 Å². The molecule has 0 aliphatic heterocycles. The molecular weight excluding hydrogens is 449 g/mol. The van der Waals surface area contributed by atoms with Crippen molar-refractivity contribution in [1.29, 1.82) is 0 Å². The summed E-state index contributed by atoms with van der Waals surface area (Å²) in [5.74, 6) is -4.28. The average molecular weight is 467 g/mol. The molecule has 4 atom stereocenters. The van der Waals surface area contributed by atoms with Gasteiger partial charge >= 0.3 is 59.1 Å². The Morgan fingerprint density at radius 2 is 0.920 bits per heavy atom. The van der Waals surface area contributed by atoms with Crippen molar-refractivity contribution < 1.29 is 109 Å². The smallest absolute Gasteiger partial charge is 0.670 e. The van der Waals surface area contributed by atoms with E-state index in [0.717, 1.165) is 0 Å². The molecular formula is C12H18N4Na2O6Pd-4. The maximum absolute atomic E-state index is 10.6. The van der Waals surface area contributed by atoms with Crippen molar-refractivity contribution in [2.45, 2.75) is 51.9 Å². The maximum atomic E-state index is 10.6. The van der Waals surface area contributed by atoms with Crippen LogP contribution in [0.5, 0.6) is 0 Å². The Morgan fingerprint density at radius 1 is 0.720 bits per heavy atom. The van der Waals surface area contributed by atoms with Crippen LogP contribution in [-0.2, 0) is 39.6 Å². The molecule has 0 saturated heterocycles. The van der Waals surface area contributed by atoms with E-state index in [-0.39, 0.29) is 79.5 Å². The number of nitrogens with zero attached hydrogens (tertiary/aromatic N) is 2. The first-order valence-electron chi connectivity index (χ1n) is 6.23. The standard InChI is InChI=1S/2C6H11N2O3.2Na.Pd/c2*1-3(7)5(9)8-4(2)6(10)11;;;/h2*3-4,7H,1-2H3,(H2,8,9,10,11);;;/q2*-1;2*+1;/p-4. The fourth-order valence-corrected chi connectivity index (χ4v) is 0.711. The van der Waals surface area contributed by atoms with Gasteiger partial charge in [0.15, 0.2) is 0 Å². The van der Waals surface area contributed by atoms with Crippen LogP contribution in [-0.4, -0.2) is 47.9 Å². The second kappa shape index (κ2) is 19.2. The molecule has 13 heteroatoms. The Balaban J connectivity index is -0.0000000952. The van der Waals surface area contributed by atoms with Crippen LogP contribution in [0.3, 0.4) is 0 Å². The molecule has 0 aliphatic rings. The van der Waals surface area contributed by atoms with Crippen LogP contribution < -0.4 is 69.3 Å². The van der Waals surface area contributed by atoms with Crippen molar-refractivity contribution in [3.05, 3.63) is 22.1 Å². The first-order chi connectivity index (χ1) is 9.89. The summed E-state index contributed by atoms with van der Waals surface area (Å²) in [4.78, 5) is 41.3. The van der Waals surface area contributed by atoms with E-state index < -0.39 is 47.9 Å². The third-order valence-electron chi connectivity index (χ3n) is 2.06. The minimum Gasteiger partial charge on any atom is -0.670 e. The molecule has 0 aromatic rings. The van der Waals surface area contributed by atoms with Crippen molar-refractivity contribution in [1.82, 2.24) is 0 Å². The zero-order valence-electron chi connectivity index (χ0n) is 15.0. The van der Waals surface area contributed by atoms with E-state index >= 15 is 0 Å². The van der Waals surface area contributed by atoms with Gasteiger partial charge < -0.3 is 51.5 Å². The van der Waals surface area contributed by atoms with Gasteiger partial charge in [0.1, 0.15) is 0 Å². The van der Waals surface area contributed by atoms with Gasteiger partial charge in [-0.2, -0.15) is 0 Å². The molecule has 0 aromatic heterocycles. The second-order valence-corrected chi connectivity index (χ2v) is 4.37. The molecule has 0 heterocycles. The first-order valence-corrected chi connectivity index (χ1v) is 6.23. The Labute approximate surface area is 204 Å². The quantitative estimate of drug-likeness (QED) is 0.349. The fraction of sp³-hybridized carbons (Fsp3) is 0.667. The van der Waals surface area contributed by atoms with Gasteiger partial charge in [-0.05, 0) is 0 Å². The van der Waals surface area contributed by atoms with E-state index in [4.69, 9.17) is 11.5 Å². The zero-order chi connectivity index (χ0) is 18.0. The van der Waals surface area contributed by atoms with E-state index in [1.54, 1.807) is 0 Å². The van der Waals surface area contributed by atoms with Gasteiger partial charge in [-0.1, -0.05) is 51.9 Å². The molecule has 0 bridgehead atoms. The van der Waals surface area contributed by atoms with Crippen molar-refractivity contribution in [3.8, 4) is 0 Å².